The van der Waals surface area contributed by atoms with E-state index in [1.807, 2.05) is 18.2 Å². The third kappa shape index (κ3) is 13.7. The standard InChI is InChI=1S/C43H52N6O5S3/c1-27(50)46-47-31-17-15-30(16-18-31)45-37(51)26-55-40-48-49-41(57-40)56-36-23-34(38(52)33-13-9-8-12-32(33)36)39(53)44-20-10-11-21-54-35-19-14-28(24-42(2,3)4)22-29(35)25-43(5,6)7/h8-9,12-19,22-23,47,52H,10-11,20-21,24-26H2,1-7H3,(H,44,53)(H,45,51)(H,46,50). The first-order valence-corrected chi connectivity index (χ1v) is 21.5. The Hall–Kier alpha value is -4.79. The second kappa shape index (κ2) is 19.6. The number of carbonyl (C=O) groups excluding carboxylic acids is 3. The Morgan fingerprint density at radius 1 is 0.825 bits per heavy atom. The number of nitrogens with zero attached hydrogens (tertiary/aromatic N) is 2. The van der Waals surface area contributed by atoms with Gasteiger partial charge in [-0.15, -0.1) is 10.2 Å². The molecular formula is C43H52N6O5S3. The Bertz CT molecular complexity index is 2180. The van der Waals surface area contributed by atoms with E-state index in [-0.39, 0.29) is 45.6 Å². The minimum Gasteiger partial charge on any atom is -0.506 e. The summed E-state index contributed by atoms with van der Waals surface area (Å²) in [5, 5.41) is 26.9. The molecule has 0 unspecified atom stereocenters. The molecule has 1 heterocycles. The van der Waals surface area contributed by atoms with E-state index in [0.717, 1.165) is 35.3 Å². The van der Waals surface area contributed by atoms with Crippen molar-refractivity contribution in [2.75, 3.05) is 29.6 Å². The van der Waals surface area contributed by atoms with Crippen LogP contribution in [0.2, 0.25) is 0 Å². The van der Waals surface area contributed by atoms with E-state index in [1.165, 1.54) is 52.9 Å². The molecule has 4 aromatic carbocycles. The van der Waals surface area contributed by atoms with E-state index in [2.05, 4.69) is 91.4 Å². The van der Waals surface area contributed by atoms with E-state index in [1.54, 1.807) is 36.4 Å². The summed E-state index contributed by atoms with van der Waals surface area (Å²) in [4.78, 5) is 37.9. The van der Waals surface area contributed by atoms with E-state index >= 15 is 0 Å². The fourth-order valence-corrected chi connectivity index (χ4v) is 8.96. The lowest BCUT2D eigenvalue weighted by atomic mass is 9.84. The molecule has 5 aromatic rings. The maximum absolute atomic E-state index is 13.4. The van der Waals surface area contributed by atoms with Gasteiger partial charge < -0.3 is 20.5 Å². The van der Waals surface area contributed by atoms with E-state index in [4.69, 9.17) is 4.74 Å². The Morgan fingerprint density at radius 2 is 1.51 bits per heavy atom. The molecule has 0 radical (unpaired) electrons. The van der Waals surface area contributed by atoms with Gasteiger partial charge >= 0.3 is 0 Å². The second-order valence-corrected chi connectivity index (χ2v) is 19.7. The fraction of sp³-hybridized carbons (Fsp3) is 0.372. The van der Waals surface area contributed by atoms with Gasteiger partial charge in [0.15, 0.2) is 8.68 Å². The number of nitrogens with one attached hydrogen (secondary N) is 4. The number of hydrogen-bond donors (Lipinski definition) is 5. The van der Waals surface area contributed by atoms with Crippen LogP contribution in [0.4, 0.5) is 11.4 Å². The van der Waals surface area contributed by atoms with Crippen molar-refractivity contribution in [3.05, 3.63) is 89.5 Å². The van der Waals surface area contributed by atoms with Crippen LogP contribution < -0.4 is 26.2 Å². The number of unbranched alkanes of at least 4 members (excludes halogenated alkanes) is 1. The van der Waals surface area contributed by atoms with Crippen LogP contribution in [0.25, 0.3) is 10.8 Å². The zero-order chi connectivity index (χ0) is 41.2. The van der Waals surface area contributed by atoms with Gasteiger partial charge in [0.05, 0.1) is 23.6 Å². The number of thioether (sulfide) groups is 1. The summed E-state index contributed by atoms with van der Waals surface area (Å²) in [6.07, 6.45) is 3.39. The number of hydrazine groups is 1. The highest BCUT2D eigenvalue weighted by molar-refractivity contribution is 8.03. The molecule has 0 saturated heterocycles. The van der Waals surface area contributed by atoms with E-state index in [0.29, 0.717) is 45.0 Å². The molecule has 0 saturated carbocycles. The number of phenolic OH excluding ortho intramolecular Hbond substituents is 1. The first kappa shape index (κ1) is 43.3. The molecule has 0 spiro atoms. The number of hydrogen-bond acceptors (Lipinski definition) is 11. The number of ether oxygens (including phenoxy) is 1. The van der Waals surface area contributed by atoms with Crippen molar-refractivity contribution in [3.63, 3.8) is 0 Å². The van der Waals surface area contributed by atoms with Crippen LogP contribution in [0.15, 0.2) is 86.4 Å². The number of rotatable bonds is 17. The van der Waals surface area contributed by atoms with Crippen LogP contribution in [-0.4, -0.2) is 51.9 Å². The molecule has 0 atom stereocenters. The lowest BCUT2D eigenvalue weighted by molar-refractivity contribution is -0.118. The van der Waals surface area contributed by atoms with Gasteiger partial charge in [-0.05, 0) is 89.4 Å². The van der Waals surface area contributed by atoms with Crippen molar-refractivity contribution in [2.24, 2.45) is 10.8 Å². The van der Waals surface area contributed by atoms with Gasteiger partial charge in [0.25, 0.3) is 5.91 Å². The number of aromatic nitrogens is 2. The maximum atomic E-state index is 13.4. The van der Waals surface area contributed by atoms with Gasteiger partial charge in [0, 0.05) is 29.4 Å². The molecule has 0 fully saturated rings. The molecule has 14 heteroatoms. The maximum Gasteiger partial charge on any atom is 0.255 e. The number of fused-ring (bicyclic) bond motifs is 1. The molecule has 5 rings (SSSR count). The summed E-state index contributed by atoms with van der Waals surface area (Å²) >= 11 is 3.97. The molecule has 0 aliphatic rings. The molecule has 11 nitrogen and oxygen atoms in total. The largest absolute Gasteiger partial charge is 0.506 e. The number of amides is 3. The lowest BCUT2D eigenvalue weighted by Crippen LogP contribution is -2.26. The van der Waals surface area contributed by atoms with Crippen molar-refractivity contribution in [1.29, 1.82) is 0 Å². The molecule has 302 valence electrons. The average molecular weight is 829 g/mol. The van der Waals surface area contributed by atoms with Crippen LogP contribution in [0, 0.1) is 10.8 Å². The average Bonchev–Trinajstić information content (AvgIpc) is 3.59. The molecule has 5 N–H and O–H groups in total. The molecule has 0 bridgehead atoms. The number of carbonyl (C=O) groups is 3. The first-order chi connectivity index (χ1) is 27.0. The summed E-state index contributed by atoms with van der Waals surface area (Å²) in [7, 11) is 0. The SMILES string of the molecule is CC(=O)NNc1ccc(NC(=O)CSc2nnc(Sc3cc(C(=O)NCCCCOc4ccc(CC(C)(C)C)cc4CC(C)(C)C)c(O)c4ccccc34)s2)cc1. The van der Waals surface area contributed by atoms with Gasteiger partial charge in [0.1, 0.15) is 11.5 Å². The summed E-state index contributed by atoms with van der Waals surface area (Å²) in [6, 6.07) is 22.6. The molecular weight excluding hydrogens is 777 g/mol. The van der Waals surface area contributed by atoms with E-state index in [9.17, 15) is 19.5 Å². The predicted octanol–water partition coefficient (Wildman–Crippen LogP) is 9.51. The normalized spacial score (nSPS) is 11.6. The Balaban J connectivity index is 1.14. The quantitative estimate of drug-likeness (QED) is 0.0348. The monoisotopic (exact) mass is 828 g/mol. The van der Waals surface area contributed by atoms with Crippen molar-refractivity contribution in [1.82, 2.24) is 20.9 Å². The minimum absolute atomic E-state index is 0.0739. The van der Waals surface area contributed by atoms with Gasteiger partial charge in [0.2, 0.25) is 11.8 Å². The Labute approximate surface area is 347 Å². The van der Waals surface area contributed by atoms with Crippen molar-refractivity contribution >= 4 is 74.7 Å². The molecule has 1 aromatic heterocycles. The number of phenols is 1. The second-order valence-electron chi connectivity index (χ2n) is 16.2. The molecule has 0 aliphatic heterocycles. The first-order valence-electron chi connectivity index (χ1n) is 18.9. The number of benzene rings is 4. The van der Waals surface area contributed by atoms with Crippen LogP contribution in [-0.2, 0) is 22.4 Å². The highest BCUT2D eigenvalue weighted by atomic mass is 32.2. The lowest BCUT2D eigenvalue weighted by Gasteiger charge is -2.23. The Morgan fingerprint density at radius 3 is 2.21 bits per heavy atom. The summed E-state index contributed by atoms with van der Waals surface area (Å²) in [6.45, 7) is 15.8. The van der Waals surface area contributed by atoms with Crippen LogP contribution in [0.3, 0.4) is 0 Å². The fourth-order valence-electron chi connectivity index (χ4n) is 6.01. The van der Waals surface area contributed by atoms with Gasteiger partial charge in [-0.3, -0.25) is 25.2 Å². The van der Waals surface area contributed by atoms with Gasteiger partial charge in [-0.2, -0.15) is 0 Å². The van der Waals surface area contributed by atoms with Crippen molar-refractivity contribution in [3.8, 4) is 11.5 Å². The zero-order valence-electron chi connectivity index (χ0n) is 33.6. The minimum atomic E-state index is -0.360. The summed E-state index contributed by atoms with van der Waals surface area (Å²) in [5.41, 5.74) is 9.63. The third-order valence-electron chi connectivity index (χ3n) is 8.38. The third-order valence-corrected chi connectivity index (χ3v) is 11.5. The number of anilines is 2. The van der Waals surface area contributed by atoms with Crippen LogP contribution in [0.5, 0.6) is 11.5 Å². The molecule has 3 amide bonds. The topological polar surface area (TPSA) is 155 Å². The van der Waals surface area contributed by atoms with Gasteiger partial charge in [-0.1, -0.05) is 113 Å². The number of aromatic hydroxyl groups is 1. The molecule has 0 aliphatic carbocycles. The Kier molecular flexibility index (Phi) is 14.9. The van der Waals surface area contributed by atoms with Crippen LogP contribution >= 0.6 is 34.9 Å². The van der Waals surface area contributed by atoms with Crippen molar-refractivity contribution < 1.29 is 24.2 Å². The summed E-state index contributed by atoms with van der Waals surface area (Å²) in [5.74, 6) is 0.200. The summed E-state index contributed by atoms with van der Waals surface area (Å²) < 4.78 is 7.53. The van der Waals surface area contributed by atoms with Crippen molar-refractivity contribution in [2.45, 2.75) is 87.7 Å². The zero-order valence-corrected chi connectivity index (χ0v) is 36.0. The van der Waals surface area contributed by atoms with Crippen LogP contribution in [0.1, 0.15) is 82.8 Å². The van der Waals surface area contributed by atoms with Gasteiger partial charge in [-0.25, -0.2) is 0 Å². The smallest absolute Gasteiger partial charge is 0.255 e. The predicted molar refractivity (Wildman–Crippen MR) is 233 cm³/mol. The highest BCUT2D eigenvalue weighted by Crippen LogP contribution is 2.41. The highest BCUT2D eigenvalue weighted by Gasteiger charge is 2.20. The molecule has 57 heavy (non-hydrogen) atoms. The van der Waals surface area contributed by atoms with E-state index < -0.39 is 0 Å².